The van der Waals surface area contributed by atoms with E-state index in [9.17, 15) is 4.79 Å². The molecule has 0 saturated carbocycles. The predicted octanol–water partition coefficient (Wildman–Crippen LogP) is 2.41. The van der Waals surface area contributed by atoms with Gasteiger partial charge in [0.2, 0.25) is 5.91 Å². The quantitative estimate of drug-likeness (QED) is 0.790. The molecule has 0 aliphatic carbocycles. The molecule has 1 aromatic carbocycles. The van der Waals surface area contributed by atoms with Gasteiger partial charge < -0.3 is 15.8 Å². The number of hydrogen-bond acceptors (Lipinski definition) is 3. The van der Waals surface area contributed by atoms with Gasteiger partial charge in [0.1, 0.15) is 0 Å². The van der Waals surface area contributed by atoms with Gasteiger partial charge in [-0.2, -0.15) is 0 Å². The highest BCUT2D eigenvalue weighted by molar-refractivity contribution is 7.80. The summed E-state index contributed by atoms with van der Waals surface area (Å²) in [6, 6.07) is 7.60. The van der Waals surface area contributed by atoms with Crippen LogP contribution in [-0.4, -0.2) is 23.6 Å². The molecule has 1 unspecified atom stereocenters. The summed E-state index contributed by atoms with van der Waals surface area (Å²) >= 11 is 4.86. The average Bonchev–Trinajstić information content (AvgIpc) is 2.91. The first-order chi connectivity index (χ1) is 9.63. The summed E-state index contributed by atoms with van der Waals surface area (Å²) in [5.74, 6) is 0.0302. The van der Waals surface area contributed by atoms with Crippen LogP contribution in [0.2, 0.25) is 0 Å². The third-order valence-corrected chi connectivity index (χ3v) is 3.48. The Morgan fingerprint density at radius 1 is 1.40 bits per heavy atom. The number of nitrogens with one attached hydrogen (secondary N) is 1. The van der Waals surface area contributed by atoms with Gasteiger partial charge in [0.05, 0.1) is 11.1 Å². The van der Waals surface area contributed by atoms with E-state index in [0.29, 0.717) is 17.8 Å². The molecule has 108 valence electrons. The largest absolute Gasteiger partial charge is 0.393 e. The van der Waals surface area contributed by atoms with Crippen molar-refractivity contribution in [1.29, 1.82) is 0 Å². The second-order valence-corrected chi connectivity index (χ2v) is 5.59. The molecule has 0 spiro atoms. The molecule has 2 rings (SSSR count). The summed E-state index contributed by atoms with van der Waals surface area (Å²) in [5.41, 5.74) is 7.34. The first-order valence-corrected chi connectivity index (χ1v) is 7.33. The Bertz CT molecular complexity index is 467. The molecule has 1 atom stereocenters. The highest BCUT2D eigenvalue weighted by atomic mass is 32.1. The molecular weight excluding hydrogens is 272 g/mol. The standard InChI is InChI=1S/C15H20N2O2S/c16-14(20)10-11-3-5-12(6-4-11)17-15(18)8-7-13-2-1-9-19-13/h3-6,13H,1-2,7-10H2,(H2,16,20)(H,17,18). The number of ether oxygens (including phenoxy) is 1. The van der Waals surface area contributed by atoms with Crippen molar-refractivity contribution in [3.63, 3.8) is 0 Å². The molecule has 20 heavy (non-hydrogen) atoms. The van der Waals surface area contributed by atoms with Crippen LogP contribution in [0.3, 0.4) is 0 Å². The molecule has 3 N–H and O–H groups in total. The zero-order valence-corrected chi connectivity index (χ0v) is 12.2. The van der Waals surface area contributed by atoms with Gasteiger partial charge in [-0.3, -0.25) is 4.79 Å². The van der Waals surface area contributed by atoms with E-state index in [1.54, 1.807) is 0 Å². The Hall–Kier alpha value is -1.46. The van der Waals surface area contributed by atoms with E-state index in [2.05, 4.69) is 5.32 Å². The molecule has 1 aromatic rings. The van der Waals surface area contributed by atoms with Gasteiger partial charge in [-0.1, -0.05) is 24.4 Å². The topological polar surface area (TPSA) is 64.3 Å². The third-order valence-electron chi connectivity index (χ3n) is 3.33. The molecule has 1 aliphatic rings. The maximum absolute atomic E-state index is 11.8. The van der Waals surface area contributed by atoms with Crippen LogP contribution >= 0.6 is 12.2 Å². The van der Waals surface area contributed by atoms with Crippen LogP contribution in [0.25, 0.3) is 0 Å². The van der Waals surface area contributed by atoms with Crippen molar-refractivity contribution < 1.29 is 9.53 Å². The Morgan fingerprint density at radius 2 is 2.15 bits per heavy atom. The van der Waals surface area contributed by atoms with Gasteiger partial charge in [-0.15, -0.1) is 0 Å². The fourth-order valence-corrected chi connectivity index (χ4v) is 2.46. The molecule has 1 amide bonds. The minimum atomic E-state index is 0.0302. The van der Waals surface area contributed by atoms with E-state index in [0.717, 1.165) is 37.1 Å². The normalized spacial score (nSPS) is 17.9. The minimum absolute atomic E-state index is 0.0302. The molecule has 1 heterocycles. The van der Waals surface area contributed by atoms with Gasteiger partial charge in [0, 0.05) is 25.1 Å². The summed E-state index contributed by atoms with van der Waals surface area (Å²) < 4.78 is 5.50. The average molecular weight is 292 g/mol. The van der Waals surface area contributed by atoms with Crippen LogP contribution in [0.15, 0.2) is 24.3 Å². The van der Waals surface area contributed by atoms with Gasteiger partial charge in [0.15, 0.2) is 0 Å². The predicted molar refractivity (Wildman–Crippen MR) is 83.8 cm³/mol. The number of hydrogen-bond donors (Lipinski definition) is 2. The SMILES string of the molecule is NC(=S)Cc1ccc(NC(=O)CCC2CCCO2)cc1. The zero-order chi connectivity index (χ0) is 14.4. The zero-order valence-electron chi connectivity index (χ0n) is 11.4. The number of nitrogens with two attached hydrogens (primary N) is 1. The van der Waals surface area contributed by atoms with Crippen molar-refractivity contribution in [1.82, 2.24) is 0 Å². The Kier molecular flexibility index (Phi) is 5.49. The van der Waals surface area contributed by atoms with E-state index < -0.39 is 0 Å². The highest BCUT2D eigenvalue weighted by Crippen LogP contribution is 2.17. The molecule has 0 radical (unpaired) electrons. The van der Waals surface area contributed by atoms with E-state index in [1.165, 1.54) is 0 Å². The summed E-state index contributed by atoms with van der Waals surface area (Å²) in [5, 5.41) is 2.89. The van der Waals surface area contributed by atoms with E-state index in [-0.39, 0.29) is 12.0 Å². The van der Waals surface area contributed by atoms with Crippen molar-refractivity contribution in [3.05, 3.63) is 29.8 Å². The van der Waals surface area contributed by atoms with Crippen molar-refractivity contribution in [2.45, 2.75) is 38.2 Å². The molecule has 1 aliphatic heterocycles. The second-order valence-electron chi connectivity index (χ2n) is 5.06. The molecule has 1 saturated heterocycles. The van der Waals surface area contributed by atoms with Gasteiger partial charge in [0.25, 0.3) is 0 Å². The number of anilines is 1. The first-order valence-electron chi connectivity index (χ1n) is 6.92. The highest BCUT2D eigenvalue weighted by Gasteiger charge is 2.16. The fourth-order valence-electron chi connectivity index (χ4n) is 2.29. The maximum atomic E-state index is 11.8. The molecule has 0 bridgehead atoms. The third kappa shape index (κ3) is 4.90. The van der Waals surface area contributed by atoms with Crippen LogP contribution < -0.4 is 11.1 Å². The van der Waals surface area contributed by atoms with Gasteiger partial charge in [-0.05, 0) is 37.0 Å². The summed E-state index contributed by atoms with van der Waals surface area (Å²) in [6.45, 7) is 0.830. The summed E-state index contributed by atoms with van der Waals surface area (Å²) in [6.07, 6.45) is 4.32. The lowest BCUT2D eigenvalue weighted by molar-refractivity contribution is -0.116. The van der Waals surface area contributed by atoms with Gasteiger partial charge >= 0.3 is 0 Å². The summed E-state index contributed by atoms with van der Waals surface area (Å²) in [4.78, 5) is 12.3. The molecule has 4 nitrogen and oxygen atoms in total. The number of amides is 1. The van der Waals surface area contributed by atoms with Crippen molar-refractivity contribution in [2.75, 3.05) is 11.9 Å². The van der Waals surface area contributed by atoms with Crippen LogP contribution in [0.4, 0.5) is 5.69 Å². The van der Waals surface area contributed by atoms with Crippen LogP contribution in [-0.2, 0) is 16.0 Å². The van der Waals surface area contributed by atoms with Crippen molar-refractivity contribution >= 4 is 28.8 Å². The molecule has 5 heteroatoms. The van der Waals surface area contributed by atoms with E-state index in [4.69, 9.17) is 22.7 Å². The number of thiocarbonyl (C=S) groups is 1. The number of carbonyl (C=O) groups excluding carboxylic acids is 1. The van der Waals surface area contributed by atoms with Gasteiger partial charge in [-0.25, -0.2) is 0 Å². The lowest BCUT2D eigenvalue weighted by Crippen LogP contribution is -2.15. The molecular formula is C15H20N2O2S. The van der Waals surface area contributed by atoms with Crippen molar-refractivity contribution in [3.8, 4) is 0 Å². The molecule has 0 aromatic heterocycles. The number of rotatable bonds is 6. The minimum Gasteiger partial charge on any atom is -0.393 e. The van der Waals surface area contributed by atoms with Crippen LogP contribution in [0, 0.1) is 0 Å². The lowest BCUT2D eigenvalue weighted by atomic mass is 10.1. The smallest absolute Gasteiger partial charge is 0.224 e. The van der Waals surface area contributed by atoms with E-state index in [1.807, 2.05) is 24.3 Å². The number of carbonyl (C=O) groups is 1. The maximum Gasteiger partial charge on any atom is 0.224 e. The monoisotopic (exact) mass is 292 g/mol. The lowest BCUT2D eigenvalue weighted by Gasteiger charge is -2.09. The van der Waals surface area contributed by atoms with Crippen LogP contribution in [0.1, 0.15) is 31.2 Å². The second kappa shape index (κ2) is 7.36. The van der Waals surface area contributed by atoms with E-state index >= 15 is 0 Å². The fraction of sp³-hybridized carbons (Fsp3) is 0.467. The first kappa shape index (κ1) is 14.9. The Labute approximate surface area is 124 Å². The Morgan fingerprint density at radius 3 is 2.75 bits per heavy atom. The van der Waals surface area contributed by atoms with Crippen LogP contribution in [0.5, 0.6) is 0 Å². The molecule has 1 fully saturated rings. The Balaban J connectivity index is 1.76. The van der Waals surface area contributed by atoms with Crippen molar-refractivity contribution in [2.24, 2.45) is 5.73 Å². The number of benzene rings is 1. The summed E-state index contributed by atoms with van der Waals surface area (Å²) in [7, 11) is 0.